The van der Waals surface area contributed by atoms with Crippen LogP contribution in [0, 0.1) is 5.41 Å². The molecule has 0 nitrogen and oxygen atoms in total. The summed E-state index contributed by atoms with van der Waals surface area (Å²) in [5.74, 6) is 0.559. The van der Waals surface area contributed by atoms with E-state index in [4.69, 9.17) is 0 Å². The fraction of sp³-hybridized carbons (Fsp3) is 0.517. The molecule has 29 heavy (non-hydrogen) atoms. The topological polar surface area (TPSA) is 0 Å². The minimum atomic E-state index is 0.202. The fourth-order valence-electron chi connectivity index (χ4n) is 5.63. The second-order valence-electron chi connectivity index (χ2n) is 10.7. The van der Waals surface area contributed by atoms with E-state index < -0.39 is 0 Å². The highest BCUT2D eigenvalue weighted by molar-refractivity contribution is 5.82. The van der Waals surface area contributed by atoms with Crippen molar-refractivity contribution in [1.29, 1.82) is 0 Å². The SMILES string of the molecule is CCC1(CC2=Cc3c(-c4ccc(C(C)(C)C)cc4)cccc3C2C)CCCCC1. The van der Waals surface area contributed by atoms with E-state index >= 15 is 0 Å². The van der Waals surface area contributed by atoms with Gasteiger partial charge in [-0.2, -0.15) is 0 Å². The van der Waals surface area contributed by atoms with Crippen LogP contribution >= 0.6 is 0 Å². The number of rotatable bonds is 4. The van der Waals surface area contributed by atoms with Gasteiger partial charge < -0.3 is 0 Å². The Morgan fingerprint density at radius 3 is 2.24 bits per heavy atom. The van der Waals surface area contributed by atoms with Gasteiger partial charge >= 0.3 is 0 Å². The Bertz CT molecular complexity index is 883. The predicted octanol–water partition coefficient (Wildman–Crippen LogP) is 8.90. The largest absolute Gasteiger partial charge is 0.0648 e. The Balaban J connectivity index is 1.67. The number of hydrogen-bond donors (Lipinski definition) is 0. The maximum atomic E-state index is 2.55. The Morgan fingerprint density at radius 1 is 0.931 bits per heavy atom. The first-order chi connectivity index (χ1) is 13.8. The molecule has 0 saturated heterocycles. The fourth-order valence-corrected chi connectivity index (χ4v) is 5.63. The van der Waals surface area contributed by atoms with E-state index in [0.717, 1.165) is 0 Å². The molecule has 0 radical (unpaired) electrons. The molecule has 0 aromatic heterocycles. The molecule has 1 atom stereocenters. The molecule has 0 amide bonds. The van der Waals surface area contributed by atoms with Crippen LogP contribution in [0.15, 0.2) is 48.0 Å². The number of fused-ring (bicyclic) bond motifs is 1. The van der Waals surface area contributed by atoms with Crippen LogP contribution in [-0.4, -0.2) is 0 Å². The van der Waals surface area contributed by atoms with E-state index in [1.54, 1.807) is 5.57 Å². The Morgan fingerprint density at radius 2 is 1.62 bits per heavy atom. The third-order valence-corrected chi connectivity index (χ3v) is 7.80. The standard InChI is InChI=1S/C29H38/c1-6-29(17-8-7-9-18-29)20-23-19-27-25(21(23)2)11-10-12-26(27)22-13-15-24(16-14-22)28(3,4)5/h10-16,19,21H,6-9,17-18,20H2,1-5H3. The van der Waals surface area contributed by atoms with Gasteiger partial charge in [-0.25, -0.2) is 0 Å². The lowest BCUT2D eigenvalue weighted by Crippen LogP contribution is -2.24. The van der Waals surface area contributed by atoms with E-state index in [0.29, 0.717) is 11.3 Å². The van der Waals surface area contributed by atoms with Crippen molar-refractivity contribution in [2.75, 3.05) is 0 Å². The smallest absolute Gasteiger partial charge is 0.00295 e. The van der Waals surface area contributed by atoms with Gasteiger partial charge in [-0.3, -0.25) is 0 Å². The summed E-state index contributed by atoms with van der Waals surface area (Å²) in [7, 11) is 0. The van der Waals surface area contributed by atoms with E-state index in [1.165, 1.54) is 72.8 Å². The van der Waals surface area contributed by atoms with Crippen LogP contribution < -0.4 is 0 Å². The quantitative estimate of drug-likeness (QED) is 0.492. The van der Waals surface area contributed by atoms with Crippen molar-refractivity contribution in [1.82, 2.24) is 0 Å². The summed E-state index contributed by atoms with van der Waals surface area (Å²) in [6, 6.07) is 16.2. The molecule has 1 unspecified atom stereocenters. The van der Waals surface area contributed by atoms with Crippen LogP contribution in [0.1, 0.15) is 102 Å². The van der Waals surface area contributed by atoms with Crippen LogP contribution in [-0.2, 0) is 5.41 Å². The second-order valence-corrected chi connectivity index (χ2v) is 10.7. The summed E-state index contributed by atoms with van der Waals surface area (Å²) in [4.78, 5) is 0. The highest BCUT2D eigenvalue weighted by Crippen LogP contribution is 2.50. The molecule has 0 spiro atoms. The molecule has 0 aliphatic heterocycles. The van der Waals surface area contributed by atoms with Gasteiger partial charge in [0.25, 0.3) is 0 Å². The van der Waals surface area contributed by atoms with E-state index in [1.807, 2.05) is 0 Å². The molecule has 2 aliphatic rings. The Labute approximate surface area is 178 Å². The molecule has 154 valence electrons. The molecule has 0 N–H and O–H groups in total. The van der Waals surface area contributed by atoms with Crippen LogP contribution in [0.3, 0.4) is 0 Å². The maximum absolute atomic E-state index is 2.55. The zero-order chi connectivity index (χ0) is 20.6. The summed E-state index contributed by atoms with van der Waals surface area (Å²) in [5, 5.41) is 0. The van der Waals surface area contributed by atoms with Gasteiger partial charge in [0.05, 0.1) is 0 Å². The first-order valence-electron chi connectivity index (χ1n) is 11.8. The molecule has 1 saturated carbocycles. The van der Waals surface area contributed by atoms with Crippen molar-refractivity contribution in [2.24, 2.45) is 5.41 Å². The van der Waals surface area contributed by atoms with Crippen molar-refractivity contribution in [3.63, 3.8) is 0 Å². The summed E-state index contributed by atoms with van der Waals surface area (Å²) in [5.41, 5.74) is 9.58. The molecule has 0 heterocycles. The zero-order valence-corrected chi connectivity index (χ0v) is 19.1. The van der Waals surface area contributed by atoms with Crippen LogP contribution in [0.2, 0.25) is 0 Å². The summed E-state index contributed by atoms with van der Waals surface area (Å²) < 4.78 is 0. The van der Waals surface area contributed by atoms with Crippen molar-refractivity contribution in [3.05, 3.63) is 64.7 Å². The minimum absolute atomic E-state index is 0.202. The van der Waals surface area contributed by atoms with Crippen molar-refractivity contribution >= 4 is 6.08 Å². The van der Waals surface area contributed by atoms with Gasteiger partial charge in [-0.15, -0.1) is 0 Å². The average Bonchev–Trinajstić information content (AvgIpc) is 3.03. The van der Waals surface area contributed by atoms with Crippen molar-refractivity contribution in [3.8, 4) is 11.1 Å². The lowest BCUT2D eigenvalue weighted by molar-refractivity contribution is 0.177. The molecule has 2 aromatic carbocycles. The molecule has 0 bridgehead atoms. The molecular formula is C29H38. The van der Waals surface area contributed by atoms with Gasteiger partial charge in [-0.05, 0) is 57.9 Å². The Hall–Kier alpha value is -1.82. The highest BCUT2D eigenvalue weighted by atomic mass is 14.4. The van der Waals surface area contributed by atoms with Gasteiger partial charge in [-0.1, -0.05) is 114 Å². The van der Waals surface area contributed by atoms with Crippen LogP contribution in [0.5, 0.6) is 0 Å². The lowest BCUT2D eigenvalue weighted by Gasteiger charge is -2.38. The second kappa shape index (κ2) is 7.78. The highest BCUT2D eigenvalue weighted by Gasteiger charge is 2.34. The van der Waals surface area contributed by atoms with Crippen molar-refractivity contribution < 1.29 is 0 Å². The summed E-state index contributed by atoms with van der Waals surface area (Å²) in [6.07, 6.45) is 12.3. The van der Waals surface area contributed by atoms with E-state index in [-0.39, 0.29) is 5.41 Å². The minimum Gasteiger partial charge on any atom is -0.0648 e. The van der Waals surface area contributed by atoms with Gasteiger partial charge in [0.2, 0.25) is 0 Å². The number of hydrogen-bond acceptors (Lipinski definition) is 0. The average molecular weight is 387 g/mol. The lowest BCUT2D eigenvalue weighted by atomic mass is 9.67. The van der Waals surface area contributed by atoms with Crippen LogP contribution in [0.4, 0.5) is 0 Å². The predicted molar refractivity (Wildman–Crippen MR) is 127 cm³/mol. The molecule has 4 rings (SSSR count). The number of allylic oxidation sites excluding steroid dienone is 1. The van der Waals surface area contributed by atoms with Gasteiger partial charge in [0.1, 0.15) is 0 Å². The molecule has 0 heteroatoms. The molecule has 1 fully saturated rings. The first-order valence-corrected chi connectivity index (χ1v) is 11.8. The normalized spacial score (nSPS) is 21.0. The van der Waals surface area contributed by atoms with E-state index in [2.05, 4.69) is 83.2 Å². The summed E-state index contributed by atoms with van der Waals surface area (Å²) >= 11 is 0. The Kier molecular flexibility index (Phi) is 5.49. The van der Waals surface area contributed by atoms with E-state index in [9.17, 15) is 0 Å². The third-order valence-electron chi connectivity index (χ3n) is 7.80. The van der Waals surface area contributed by atoms with Gasteiger partial charge in [0.15, 0.2) is 0 Å². The maximum Gasteiger partial charge on any atom is 0.00295 e. The van der Waals surface area contributed by atoms with Crippen molar-refractivity contribution in [2.45, 2.75) is 90.9 Å². The van der Waals surface area contributed by atoms with Crippen LogP contribution in [0.25, 0.3) is 17.2 Å². The molecular weight excluding hydrogens is 348 g/mol. The molecule has 2 aliphatic carbocycles. The third kappa shape index (κ3) is 3.96. The summed E-state index contributed by atoms with van der Waals surface area (Å²) in [6.45, 7) is 11.7. The monoisotopic (exact) mass is 386 g/mol. The number of benzene rings is 2. The molecule has 2 aromatic rings. The zero-order valence-electron chi connectivity index (χ0n) is 19.1. The first kappa shape index (κ1) is 20.5. The van der Waals surface area contributed by atoms with Gasteiger partial charge in [0, 0.05) is 5.92 Å².